The van der Waals surface area contributed by atoms with E-state index in [1.165, 1.54) is 167 Å². The van der Waals surface area contributed by atoms with Crippen LogP contribution in [0.15, 0.2) is 12.2 Å². The second kappa shape index (κ2) is 35.6. The first kappa shape index (κ1) is 42.1. The Labute approximate surface area is 269 Å². The summed E-state index contributed by atoms with van der Waals surface area (Å²) in [7, 11) is 0. The van der Waals surface area contributed by atoms with Crippen molar-refractivity contribution in [1.82, 2.24) is 5.32 Å². The second-order valence-corrected chi connectivity index (χ2v) is 13.4. The molecule has 0 saturated heterocycles. The molecule has 0 aliphatic heterocycles. The molecule has 0 spiro atoms. The number of carbonyl (C=O) groups excluding carboxylic acids is 1. The molecule has 1 amide bonds. The van der Waals surface area contributed by atoms with Crippen LogP contribution in [0.5, 0.6) is 0 Å². The van der Waals surface area contributed by atoms with Gasteiger partial charge in [-0.25, -0.2) is 0 Å². The van der Waals surface area contributed by atoms with E-state index in [4.69, 9.17) is 0 Å². The fourth-order valence-corrected chi connectivity index (χ4v) is 6.00. The van der Waals surface area contributed by atoms with E-state index in [-0.39, 0.29) is 12.5 Å². The van der Waals surface area contributed by atoms with Crippen molar-refractivity contribution in [2.24, 2.45) is 0 Å². The minimum Gasteiger partial charge on any atom is -0.394 e. The highest BCUT2D eigenvalue weighted by atomic mass is 16.3. The fourth-order valence-electron chi connectivity index (χ4n) is 6.00. The van der Waals surface area contributed by atoms with Crippen LogP contribution in [0.4, 0.5) is 0 Å². The number of aliphatic hydroxyl groups excluding tert-OH is 2. The highest BCUT2D eigenvalue weighted by Gasteiger charge is 2.17. The Bertz CT molecular complexity index is 579. The van der Waals surface area contributed by atoms with Crippen molar-refractivity contribution < 1.29 is 15.0 Å². The summed E-state index contributed by atoms with van der Waals surface area (Å²) >= 11 is 0. The van der Waals surface area contributed by atoms with E-state index in [1.54, 1.807) is 6.08 Å². The summed E-state index contributed by atoms with van der Waals surface area (Å²) in [5.74, 6) is -0.0617. The number of allylic oxidation sites excluding steroid dienone is 1. The summed E-state index contributed by atoms with van der Waals surface area (Å²) in [6.45, 7) is 4.31. The maximum absolute atomic E-state index is 12.3. The van der Waals surface area contributed by atoms with Gasteiger partial charge >= 0.3 is 0 Å². The maximum atomic E-state index is 12.3. The van der Waals surface area contributed by atoms with E-state index in [0.717, 1.165) is 25.7 Å². The lowest BCUT2D eigenvalue weighted by molar-refractivity contribution is -0.123. The molecule has 4 nitrogen and oxygen atoms in total. The van der Waals surface area contributed by atoms with E-state index in [0.29, 0.717) is 6.42 Å². The van der Waals surface area contributed by atoms with Crippen molar-refractivity contribution in [3.8, 4) is 0 Å². The van der Waals surface area contributed by atoms with Crippen LogP contribution in [0.25, 0.3) is 0 Å². The third-order valence-electron chi connectivity index (χ3n) is 9.02. The van der Waals surface area contributed by atoms with Gasteiger partial charge in [-0.3, -0.25) is 4.79 Å². The number of unbranched alkanes of at least 4 members (excludes halogenated alkanes) is 28. The minimum atomic E-state index is -0.832. The van der Waals surface area contributed by atoms with Gasteiger partial charge in [-0.1, -0.05) is 199 Å². The minimum absolute atomic E-state index is 0.0617. The van der Waals surface area contributed by atoms with Crippen LogP contribution in [0.1, 0.15) is 213 Å². The summed E-state index contributed by atoms with van der Waals surface area (Å²) in [6.07, 6.45) is 43.0. The maximum Gasteiger partial charge on any atom is 0.220 e. The van der Waals surface area contributed by atoms with Gasteiger partial charge in [0.15, 0.2) is 0 Å². The molecule has 0 saturated carbocycles. The zero-order valence-electron chi connectivity index (χ0n) is 29.2. The third-order valence-corrected chi connectivity index (χ3v) is 9.02. The summed E-state index contributed by atoms with van der Waals surface area (Å²) in [5.41, 5.74) is 0. The van der Waals surface area contributed by atoms with Crippen LogP contribution in [0, 0.1) is 0 Å². The van der Waals surface area contributed by atoms with Gasteiger partial charge < -0.3 is 15.5 Å². The quantitative estimate of drug-likeness (QED) is 0.0496. The highest BCUT2D eigenvalue weighted by molar-refractivity contribution is 5.76. The Morgan fingerprint density at radius 2 is 0.860 bits per heavy atom. The molecule has 0 aliphatic rings. The van der Waals surface area contributed by atoms with Crippen molar-refractivity contribution >= 4 is 5.91 Å². The van der Waals surface area contributed by atoms with Crippen LogP contribution in [0.2, 0.25) is 0 Å². The van der Waals surface area contributed by atoms with E-state index in [2.05, 4.69) is 19.2 Å². The molecule has 0 heterocycles. The fraction of sp³-hybridized carbons (Fsp3) is 0.923. The summed E-state index contributed by atoms with van der Waals surface area (Å²) in [5, 5.41) is 22.9. The van der Waals surface area contributed by atoms with Crippen LogP contribution in [-0.4, -0.2) is 34.9 Å². The first-order valence-electron chi connectivity index (χ1n) is 19.4. The molecule has 0 radical (unpaired) electrons. The molecule has 0 bridgehead atoms. The molecule has 3 N–H and O–H groups in total. The SMILES string of the molecule is CCCCCCCCCCCCCC=CC(O)C(CO)NC(=O)CCCCCCCCCCCCCCCCCCCC. The van der Waals surface area contributed by atoms with Crippen LogP contribution in [0.3, 0.4) is 0 Å². The Hall–Kier alpha value is -0.870. The summed E-state index contributed by atoms with van der Waals surface area (Å²) in [4.78, 5) is 12.3. The van der Waals surface area contributed by atoms with Crippen molar-refractivity contribution in [2.45, 2.75) is 225 Å². The number of hydrogen-bond donors (Lipinski definition) is 3. The van der Waals surface area contributed by atoms with Gasteiger partial charge in [0.2, 0.25) is 5.91 Å². The summed E-state index contributed by atoms with van der Waals surface area (Å²) < 4.78 is 0. The van der Waals surface area contributed by atoms with Gasteiger partial charge in [-0.15, -0.1) is 0 Å². The monoisotopic (exact) mass is 608 g/mol. The highest BCUT2D eigenvalue weighted by Crippen LogP contribution is 2.15. The third kappa shape index (κ3) is 32.3. The topological polar surface area (TPSA) is 69.6 Å². The zero-order valence-corrected chi connectivity index (χ0v) is 29.2. The lowest BCUT2D eigenvalue weighted by atomic mass is 10.0. The second-order valence-electron chi connectivity index (χ2n) is 13.4. The average molecular weight is 608 g/mol. The summed E-state index contributed by atoms with van der Waals surface area (Å²) in [6, 6.07) is -0.614. The lowest BCUT2D eigenvalue weighted by Gasteiger charge is -2.20. The van der Waals surface area contributed by atoms with Gasteiger partial charge in [0.05, 0.1) is 18.8 Å². The van der Waals surface area contributed by atoms with Crippen molar-refractivity contribution in [3.05, 3.63) is 12.2 Å². The van der Waals surface area contributed by atoms with E-state index in [9.17, 15) is 15.0 Å². The predicted molar refractivity (Wildman–Crippen MR) is 189 cm³/mol. The van der Waals surface area contributed by atoms with Crippen LogP contribution < -0.4 is 5.32 Å². The first-order chi connectivity index (χ1) is 21.2. The molecular formula is C39H77NO3. The van der Waals surface area contributed by atoms with Gasteiger partial charge in [0, 0.05) is 6.42 Å². The van der Waals surface area contributed by atoms with E-state index < -0.39 is 12.1 Å². The molecule has 4 heteroatoms. The smallest absolute Gasteiger partial charge is 0.220 e. The molecule has 0 aromatic carbocycles. The van der Waals surface area contributed by atoms with Crippen molar-refractivity contribution in [2.75, 3.05) is 6.61 Å². The largest absolute Gasteiger partial charge is 0.394 e. The predicted octanol–water partition coefficient (Wildman–Crippen LogP) is 11.5. The number of carbonyl (C=O) groups is 1. The standard InChI is InChI=1S/C39H77NO3/c1-3-5-7-9-11-13-15-17-18-19-20-21-23-25-27-29-31-33-35-39(43)40-37(36-41)38(42)34-32-30-28-26-24-22-16-14-12-10-8-6-4-2/h32,34,37-38,41-42H,3-31,33,35-36H2,1-2H3,(H,40,43). The van der Waals surface area contributed by atoms with Gasteiger partial charge in [-0.05, 0) is 19.3 Å². The molecular weight excluding hydrogens is 530 g/mol. The molecule has 0 aromatic heterocycles. The molecule has 2 atom stereocenters. The molecule has 2 unspecified atom stereocenters. The Balaban J connectivity index is 3.55. The van der Waals surface area contributed by atoms with Gasteiger partial charge in [0.25, 0.3) is 0 Å². The Morgan fingerprint density at radius 1 is 0.535 bits per heavy atom. The lowest BCUT2D eigenvalue weighted by Crippen LogP contribution is -2.45. The zero-order chi connectivity index (χ0) is 31.5. The Morgan fingerprint density at radius 3 is 1.21 bits per heavy atom. The molecule has 0 aliphatic carbocycles. The van der Waals surface area contributed by atoms with Gasteiger partial charge in [-0.2, -0.15) is 0 Å². The van der Waals surface area contributed by atoms with Crippen molar-refractivity contribution in [1.29, 1.82) is 0 Å². The normalized spacial score (nSPS) is 13.1. The van der Waals surface area contributed by atoms with E-state index >= 15 is 0 Å². The number of aliphatic hydroxyl groups is 2. The molecule has 0 rings (SSSR count). The number of amides is 1. The average Bonchev–Trinajstić information content (AvgIpc) is 3.01. The van der Waals surface area contributed by atoms with Crippen LogP contribution >= 0.6 is 0 Å². The molecule has 0 fully saturated rings. The van der Waals surface area contributed by atoms with Crippen molar-refractivity contribution in [3.63, 3.8) is 0 Å². The molecule has 256 valence electrons. The number of nitrogens with one attached hydrogen (secondary N) is 1. The number of rotatable bonds is 35. The molecule has 0 aromatic rings. The van der Waals surface area contributed by atoms with E-state index in [1.807, 2.05) is 6.08 Å². The Kier molecular flexibility index (Phi) is 34.9. The van der Waals surface area contributed by atoms with Crippen LogP contribution in [-0.2, 0) is 4.79 Å². The van der Waals surface area contributed by atoms with Gasteiger partial charge in [0.1, 0.15) is 0 Å². The molecule has 43 heavy (non-hydrogen) atoms. The first-order valence-corrected chi connectivity index (χ1v) is 19.4. The number of hydrogen-bond acceptors (Lipinski definition) is 3.